The van der Waals surface area contributed by atoms with Crippen molar-refractivity contribution in [3.8, 4) is 12.3 Å². The average molecular weight is 124 g/mol. The summed E-state index contributed by atoms with van der Waals surface area (Å²) in [5.41, 5.74) is 0. The monoisotopic (exact) mass is 124 g/mol. The van der Waals surface area contributed by atoms with Crippen LogP contribution in [0, 0.1) is 12.3 Å². The van der Waals surface area contributed by atoms with Gasteiger partial charge in [0.25, 0.3) is 0 Å². The first kappa shape index (κ1) is 8.03. The van der Waals surface area contributed by atoms with E-state index >= 15 is 0 Å². The molecule has 0 aliphatic heterocycles. The molecule has 0 fully saturated rings. The van der Waals surface area contributed by atoms with E-state index in [0.29, 0.717) is 0 Å². The van der Waals surface area contributed by atoms with Crippen LogP contribution in [0.4, 0.5) is 0 Å². The zero-order valence-corrected chi connectivity index (χ0v) is 6.13. The van der Waals surface area contributed by atoms with Crippen molar-refractivity contribution in [3.63, 3.8) is 0 Å². The van der Waals surface area contributed by atoms with E-state index in [-0.39, 0.29) is 6.04 Å². The first-order chi connectivity index (χ1) is 4.22. The molecule has 50 valence electrons. The number of nitrogens with zero attached hydrogens (tertiary/aromatic N) is 2. The van der Waals surface area contributed by atoms with E-state index in [9.17, 15) is 0 Å². The Morgan fingerprint density at radius 2 is 2.33 bits per heavy atom. The lowest BCUT2D eigenvalue weighted by Gasteiger charge is -2.15. The Balaban J connectivity index is 3.75. The molecule has 0 aliphatic rings. The van der Waals surface area contributed by atoms with Gasteiger partial charge < -0.3 is 4.90 Å². The maximum Gasteiger partial charge on any atom is 0.0878 e. The molecule has 0 aromatic carbocycles. The van der Waals surface area contributed by atoms with Crippen LogP contribution >= 0.6 is 0 Å². The van der Waals surface area contributed by atoms with Gasteiger partial charge >= 0.3 is 0 Å². The Kier molecular flexibility index (Phi) is 3.54. The Hall–Kier alpha value is -0.970. The van der Waals surface area contributed by atoms with Crippen molar-refractivity contribution >= 4 is 6.34 Å². The van der Waals surface area contributed by atoms with E-state index in [1.807, 2.05) is 18.9 Å². The van der Waals surface area contributed by atoms with Gasteiger partial charge in [0.1, 0.15) is 0 Å². The molecule has 9 heavy (non-hydrogen) atoms. The van der Waals surface area contributed by atoms with Gasteiger partial charge in [0.15, 0.2) is 0 Å². The molecule has 0 heterocycles. The summed E-state index contributed by atoms with van der Waals surface area (Å²) in [7, 11) is 3.62. The van der Waals surface area contributed by atoms with Gasteiger partial charge in [-0.15, -0.1) is 6.42 Å². The molecule has 1 atom stereocenters. The van der Waals surface area contributed by atoms with E-state index in [4.69, 9.17) is 6.42 Å². The van der Waals surface area contributed by atoms with Crippen LogP contribution in [0.5, 0.6) is 0 Å². The maximum atomic E-state index is 5.15. The van der Waals surface area contributed by atoms with Gasteiger partial charge in [0, 0.05) is 14.1 Å². The molecule has 0 saturated heterocycles. The number of hydrogen-bond donors (Lipinski definition) is 0. The second-order valence-electron chi connectivity index (χ2n) is 1.88. The number of rotatable bonds is 2. The molecule has 2 nitrogen and oxygen atoms in total. The van der Waals surface area contributed by atoms with E-state index in [2.05, 4.69) is 10.9 Å². The van der Waals surface area contributed by atoms with Crippen molar-refractivity contribution in [3.05, 3.63) is 0 Å². The van der Waals surface area contributed by atoms with Crippen LogP contribution < -0.4 is 0 Å². The van der Waals surface area contributed by atoms with E-state index < -0.39 is 0 Å². The van der Waals surface area contributed by atoms with Crippen molar-refractivity contribution in [1.29, 1.82) is 0 Å². The molecule has 0 saturated carbocycles. The highest BCUT2D eigenvalue weighted by Crippen LogP contribution is 1.87. The van der Waals surface area contributed by atoms with Crippen molar-refractivity contribution < 1.29 is 0 Å². The minimum absolute atomic E-state index is 0.133. The molecule has 1 unspecified atom stereocenters. The van der Waals surface area contributed by atoms with Crippen LogP contribution in [-0.4, -0.2) is 31.4 Å². The molecule has 0 aromatic rings. The molecule has 0 bridgehead atoms. The minimum atomic E-state index is 0.133. The third kappa shape index (κ3) is 2.76. The van der Waals surface area contributed by atoms with Crippen LogP contribution in [0.15, 0.2) is 4.99 Å². The normalized spacial score (nSPS) is 13.1. The summed E-state index contributed by atoms with van der Waals surface area (Å²) in [6, 6.07) is 0.133. The summed E-state index contributed by atoms with van der Waals surface area (Å²) in [5, 5.41) is 0. The Morgan fingerprint density at radius 3 is 2.67 bits per heavy atom. The number of aliphatic imine (C=N–C) groups is 1. The van der Waals surface area contributed by atoms with Gasteiger partial charge in [0.05, 0.1) is 12.4 Å². The molecule has 0 radical (unpaired) electrons. The SMILES string of the molecule is C#CC(C)N(C)/C=N/C. The number of hydrogen-bond acceptors (Lipinski definition) is 1. The fourth-order valence-corrected chi connectivity index (χ4v) is 0.400. The van der Waals surface area contributed by atoms with Gasteiger partial charge in [-0.05, 0) is 6.92 Å². The molecule has 0 aliphatic carbocycles. The Bertz CT molecular complexity index is 132. The summed E-state index contributed by atoms with van der Waals surface area (Å²) in [5.74, 6) is 2.58. The van der Waals surface area contributed by atoms with Gasteiger partial charge in [-0.1, -0.05) is 5.92 Å². The highest BCUT2D eigenvalue weighted by atomic mass is 15.1. The summed E-state index contributed by atoms with van der Waals surface area (Å²) in [6.07, 6.45) is 6.86. The maximum absolute atomic E-state index is 5.15. The lowest BCUT2D eigenvalue weighted by molar-refractivity contribution is 0.477. The predicted molar refractivity (Wildman–Crippen MR) is 40.5 cm³/mol. The van der Waals surface area contributed by atoms with Crippen LogP contribution in [0.1, 0.15) is 6.92 Å². The highest BCUT2D eigenvalue weighted by Gasteiger charge is 1.97. The summed E-state index contributed by atoms with van der Waals surface area (Å²) >= 11 is 0. The van der Waals surface area contributed by atoms with Crippen molar-refractivity contribution in [2.75, 3.05) is 14.1 Å². The van der Waals surface area contributed by atoms with E-state index in [1.165, 1.54) is 0 Å². The molecule has 0 amide bonds. The lowest BCUT2D eigenvalue weighted by atomic mass is 10.3. The Labute approximate surface area is 56.6 Å². The largest absolute Gasteiger partial charge is 0.352 e. The zero-order valence-electron chi connectivity index (χ0n) is 6.13. The van der Waals surface area contributed by atoms with Crippen molar-refractivity contribution in [2.45, 2.75) is 13.0 Å². The summed E-state index contributed by atoms with van der Waals surface area (Å²) in [4.78, 5) is 5.68. The van der Waals surface area contributed by atoms with Crippen molar-refractivity contribution in [1.82, 2.24) is 4.90 Å². The smallest absolute Gasteiger partial charge is 0.0878 e. The van der Waals surface area contributed by atoms with E-state index in [0.717, 1.165) is 0 Å². The van der Waals surface area contributed by atoms with Gasteiger partial charge in [0.2, 0.25) is 0 Å². The van der Waals surface area contributed by atoms with Crippen LogP contribution in [0.2, 0.25) is 0 Å². The van der Waals surface area contributed by atoms with Gasteiger partial charge in [-0.3, -0.25) is 4.99 Å². The van der Waals surface area contributed by atoms with E-state index in [1.54, 1.807) is 13.4 Å². The molecule has 0 N–H and O–H groups in total. The van der Waals surface area contributed by atoms with Crippen LogP contribution in [0.25, 0.3) is 0 Å². The lowest BCUT2D eigenvalue weighted by Crippen LogP contribution is -2.25. The summed E-state index contributed by atoms with van der Waals surface area (Å²) < 4.78 is 0. The molecule has 0 rings (SSSR count). The topological polar surface area (TPSA) is 15.6 Å². The molecule has 0 aromatic heterocycles. The first-order valence-electron chi connectivity index (χ1n) is 2.82. The second kappa shape index (κ2) is 3.96. The molecular weight excluding hydrogens is 112 g/mol. The molecule has 2 heteroatoms. The summed E-state index contributed by atoms with van der Waals surface area (Å²) in [6.45, 7) is 1.95. The number of terminal acetylenes is 1. The molecule has 0 spiro atoms. The standard InChI is InChI=1S/C7H12N2/c1-5-7(2)9(4)6-8-3/h1,6-7H,2-4H3/b8-6+. The average Bonchev–Trinajstić information content (AvgIpc) is 1.87. The quantitative estimate of drug-likeness (QED) is 0.299. The molecular formula is C7H12N2. The second-order valence-corrected chi connectivity index (χ2v) is 1.88. The predicted octanol–water partition coefficient (Wildman–Crippen LogP) is 0.598. The third-order valence-electron chi connectivity index (χ3n) is 1.15. The highest BCUT2D eigenvalue weighted by molar-refractivity contribution is 5.55. The van der Waals surface area contributed by atoms with Gasteiger partial charge in [-0.2, -0.15) is 0 Å². The fraction of sp³-hybridized carbons (Fsp3) is 0.571. The minimum Gasteiger partial charge on any atom is -0.352 e. The van der Waals surface area contributed by atoms with Crippen LogP contribution in [-0.2, 0) is 0 Å². The Morgan fingerprint density at radius 1 is 1.78 bits per heavy atom. The van der Waals surface area contributed by atoms with Gasteiger partial charge in [-0.25, -0.2) is 0 Å². The first-order valence-corrected chi connectivity index (χ1v) is 2.82. The zero-order chi connectivity index (χ0) is 7.28. The third-order valence-corrected chi connectivity index (χ3v) is 1.15. The van der Waals surface area contributed by atoms with Crippen LogP contribution in [0.3, 0.4) is 0 Å². The van der Waals surface area contributed by atoms with Crippen molar-refractivity contribution in [2.24, 2.45) is 4.99 Å². The fourth-order valence-electron chi connectivity index (χ4n) is 0.400.